The molecule has 1 aliphatic carbocycles. The van der Waals surface area contributed by atoms with Gasteiger partial charge >= 0.3 is 0 Å². The highest BCUT2D eigenvalue weighted by molar-refractivity contribution is 6.36. The van der Waals surface area contributed by atoms with Crippen molar-refractivity contribution in [1.82, 2.24) is 10.3 Å². The monoisotopic (exact) mass is 304 g/mol. The number of hydrogen-bond acceptors (Lipinski definition) is 3. The third-order valence-electron chi connectivity index (χ3n) is 4.07. The Kier molecular flexibility index (Phi) is 3.83. The summed E-state index contributed by atoms with van der Waals surface area (Å²) in [5.41, 5.74) is 0.309. The number of nitrogens with one attached hydrogen (secondary N) is 1. The number of amides is 1. The number of fused-ring (bicyclic) bond motifs is 1. The number of pyridine rings is 1. The molecule has 1 amide bonds. The number of halogens is 1. The predicted octanol–water partition coefficient (Wildman–Crippen LogP) is 2.92. The predicted molar refractivity (Wildman–Crippen MR) is 82.5 cm³/mol. The van der Waals surface area contributed by atoms with Crippen LogP contribution in [0.4, 0.5) is 0 Å². The number of nitrogens with zero attached hydrogens (tertiary/aromatic N) is 1. The lowest BCUT2D eigenvalue weighted by Gasteiger charge is -2.22. The maximum Gasteiger partial charge on any atom is 0.253 e. The smallest absolute Gasteiger partial charge is 0.253 e. The number of benzene rings is 1. The summed E-state index contributed by atoms with van der Waals surface area (Å²) in [4.78, 5) is 16.6. The topological polar surface area (TPSA) is 62.2 Å². The molecule has 21 heavy (non-hydrogen) atoms. The normalized spacial score (nSPS) is 17.0. The van der Waals surface area contributed by atoms with Crippen LogP contribution in [0.3, 0.4) is 0 Å². The van der Waals surface area contributed by atoms with E-state index in [4.69, 9.17) is 11.6 Å². The summed E-state index contributed by atoms with van der Waals surface area (Å²) in [7, 11) is 0. The zero-order chi connectivity index (χ0) is 14.9. The average molecular weight is 305 g/mol. The molecule has 1 aromatic heterocycles. The molecule has 1 aromatic carbocycles. The molecule has 2 N–H and O–H groups in total. The third-order valence-corrected chi connectivity index (χ3v) is 4.40. The van der Waals surface area contributed by atoms with Crippen molar-refractivity contribution in [2.45, 2.75) is 31.3 Å². The van der Waals surface area contributed by atoms with Gasteiger partial charge in [0, 0.05) is 18.1 Å². The minimum atomic E-state index is -0.759. The van der Waals surface area contributed by atoms with Crippen molar-refractivity contribution in [3.8, 4) is 0 Å². The van der Waals surface area contributed by atoms with E-state index in [-0.39, 0.29) is 12.5 Å². The number of carbonyl (C=O) groups excluding carboxylic acids is 1. The molecule has 0 atom stereocenters. The van der Waals surface area contributed by atoms with Gasteiger partial charge < -0.3 is 10.4 Å². The molecule has 0 bridgehead atoms. The molecule has 0 unspecified atom stereocenters. The molecule has 0 radical (unpaired) electrons. The molecule has 1 fully saturated rings. The van der Waals surface area contributed by atoms with E-state index in [2.05, 4.69) is 10.3 Å². The Morgan fingerprint density at radius 1 is 1.33 bits per heavy atom. The Morgan fingerprint density at radius 3 is 2.86 bits per heavy atom. The van der Waals surface area contributed by atoms with Gasteiger partial charge in [-0.25, -0.2) is 0 Å². The van der Waals surface area contributed by atoms with E-state index in [0.29, 0.717) is 16.1 Å². The van der Waals surface area contributed by atoms with Gasteiger partial charge in [-0.15, -0.1) is 0 Å². The highest BCUT2D eigenvalue weighted by Gasteiger charge is 2.31. The molecule has 5 heteroatoms. The van der Waals surface area contributed by atoms with Crippen molar-refractivity contribution in [3.05, 3.63) is 41.0 Å². The molecule has 0 aliphatic heterocycles. The van der Waals surface area contributed by atoms with Gasteiger partial charge in [0.1, 0.15) is 0 Å². The Balaban J connectivity index is 1.83. The minimum Gasteiger partial charge on any atom is -0.388 e. The molecule has 110 valence electrons. The fourth-order valence-electron chi connectivity index (χ4n) is 2.87. The lowest BCUT2D eigenvalue weighted by atomic mass is 10.0. The van der Waals surface area contributed by atoms with Crippen molar-refractivity contribution in [3.63, 3.8) is 0 Å². The summed E-state index contributed by atoms with van der Waals surface area (Å²) in [6.07, 6.45) is 5.15. The van der Waals surface area contributed by atoms with Gasteiger partial charge in [0.25, 0.3) is 5.91 Å². The first-order valence-electron chi connectivity index (χ1n) is 7.13. The molecule has 1 heterocycles. The van der Waals surface area contributed by atoms with Crippen LogP contribution in [-0.2, 0) is 0 Å². The van der Waals surface area contributed by atoms with Gasteiger partial charge in [-0.2, -0.15) is 0 Å². The van der Waals surface area contributed by atoms with Gasteiger partial charge in [0.15, 0.2) is 0 Å². The SMILES string of the molecule is O=C(NCC1(O)CCCC1)c1ccc(Cl)c2cccnc12. The lowest BCUT2D eigenvalue weighted by Crippen LogP contribution is -2.40. The summed E-state index contributed by atoms with van der Waals surface area (Å²) < 4.78 is 0. The molecule has 1 saturated carbocycles. The number of carbonyl (C=O) groups is 1. The number of hydrogen-bond donors (Lipinski definition) is 2. The Bertz CT molecular complexity index is 681. The third kappa shape index (κ3) is 2.87. The van der Waals surface area contributed by atoms with Crippen LogP contribution in [0.25, 0.3) is 10.9 Å². The van der Waals surface area contributed by atoms with Crippen LogP contribution in [-0.4, -0.2) is 28.1 Å². The summed E-state index contributed by atoms with van der Waals surface area (Å²) >= 11 is 6.12. The van der Waals surface area contributed by atoms with Crippen LogP contribution < -0.4 is 5.32 Å². The fourth-order valence-corrected chi connectivity index (χ4v) is 3.09. The van der Waals surface area contributed by atoms with Crippen LogP contribution >= 0.6 is 11.6 Å². The van der Waals surface area contributed by atoms with E-state index in [1.807, 2.05) is 6.07 Å². The Morgan fingerprint density at radius 2 is 2.10 bits per heavy atom. The maximum atomic E-state index is 12.4. The largest absolute Gasteiger partial charge is 0.388 e. The first kappa shape index (κ1) is 14.3. The standard InChI is InChI=1S/C16H17ClN2O2/c17-13-6-5-12(14-11(13)4-3-9-18-14)15(20)19-10-16(21)7-1-2-8-16/h3-6,9,21H,1-2,7-8,10H2,(H,19,20). The molecular formula is C16H17ClN2O2. The molecule has 1 aliphatic rings. The van der Waals surface area contributed by atoms with Crippen LogP contribution in [0.2, 0.25) is 5.02 Å². The second-order valence-electron chi connectivity index (χ2n) is 5.61. The second-order valence-corrected chi connectivity index (χ2v) is 6.02. The quantitative estimate of drug-likeness (QED) is 0.916. The van der Waals surface area contributed by atoms with Crippen molar-refractivity contribution < 1.29 is 9.90 Å². The van der Waals surface area contributed by atoms with Crippen molar-refractivity contribution in [2.75, 3.05) is 6.54 Å². The number of aromatic nitrogens is 1. The van der Waals surface area contributed by atoms with Gasteiger partial charge in [0.05, 0.1) is 21.7 Å². The first-order chi connectivity index (χ1) is 10.1. The van der Waals surface area contributed by atoms with E-state index in [1.54, 1.807) is 24.4 Å². The van der Waals surface area contributed by atoms with E-state index < -0.39 is 5.60 Å². The van der Waals surface area contributed by atoms with E-state index >= 15 is 0 Å². The number of rotatable bonds is 3. The van der Waals surface area contributed by atoms with Gasteiger partial charge in [-0.1, -0.05) is 24.4 Å². The van der Waals surface area contributed by atoms with Crippen molar-refractivity contribution in [2.24, 2.45) is 0 Å². The van der Waals surface area contributed by atoms with Gasteiger partial charge in [-0.05, 0) is 37.1 Å². The minimum absolute atomic E-state index is 0.226. The van der Waals surface area contributed by atoms with Crippen LogP contribution in [0.5, 0.6) is 0 Å². The molecule has 2 aromatic rings. The molecule has 0 saturated heterocycles. The fraction of sp³-hybridized carbons (Fsp3) is 0.375. The Hall–Kier alpha value is -1.65. The zero-order valence-electron chi connectivity index (χ0n) is 11.6. The van der Waals surface area contributed by atoms with Crippen molar-refractivity contribution >= 4 is 28.4 Å². The molecule has 4 nitrogen and oxygen atoms in total. The zero-order valence-corrected chi connectivity index (χ0v) is 12.4. The highest BCUT2D eigenvalue weighted by Crippen LogP contribution is 2.29. The number of aliphatic hydroxyl groups is 1. The molecular weight excluding hydrogens is 288 g/mol. The van der Waals surface area contributed by atoms with Crippen LogP contribution in [0, 0.1) is 0 Å². The summed E-state index contributed by atoms with van der Waals surface area (Å²) in [5, 5.41) is 14.4. The van der Waals surface area contributed by atoms with Crippen LogP contribution in [0.1, 0.15) is 36.0 Å². The summed E-state index contributed by atoms with van der Waals surface area (Å²) in [6.45, 7) is 0.281. The van der Waals surface area contributed by atoms with Gasteiger partial charge in [0.2, 0.25) is 0 Å². The van der Waals surface area contributed by atoms with Gasteiger partial charge in [-0.3, -0.25) is 9.78 Å². The van der Waals surface area contributed by atoms with E-state index in [0.717, 1.165) is 31.1 Å². The Labute approximate surface area is 128 Å². The van der Waals surface area contributed by atoms with Crippen molar-refractivity contribution in [1.29, 1.82) is 0 Å². The first-order valence-corrected chi connectivity index (χ1v) is 7.51. The highest BCUT2D eigenvalue weighted by atomic mass is 35.5. The van der Waals surface area contributed by atoms with E-state index in [9.17, 15) is 9.90 Å². The summed E-state index contributed by atoms with van der Waals surface area (Å²) in [5.74, 6) is -0.226. The summed E-state index contributed by atoms with van der Waals surface area (Å²) in [6, 6.07) is 7.00. The van der Waals surface area contributed by atoms with E-state index in [1.165, 1.54) is 0 Å². The lowest BCUT2D eigenvalue weighted by molar-refractivity contribution is 0.0450. The maximum absolute atomic E-state index is 12.4. The molecule has 3 rings (SSSR count). The van der Waals surface area contributed by atoms with Crippen LogP contribution in [0.15, 0.2) is 30.5 Å². The molecule has 0 spiro atoms. The second kappa shape index (κ2) is 5.62. The average Bonchev–Trinajstić information content (AvgIpc) is 2.93.